The molecule has 2 heterocycles. The van der Waals surface area contributed by atoms with E-state index in [1.54, 1.807) is 0 Å². The maximum absolute atomic E-state index is 5.98. The molecule has 0 aliphatic heterocycles. The summed E-state index contributed by atoms with van der Waals surface area (Å²) in [5.74, 6) is 0. The maximum Gasteiger partial charge on any atom is 0.121 e. The molecule has 0 amide bonds. The van der Waals surface area contributed by atoms with E-state index < -0.39 is 0 Å². The molecule has 6 heteroatoms. The second-order valence-corrected chi connectivity index (χ2v) is 5.40. The lowest BCUT2D eigenvalue weighted by atomic mass is 10.1. The van der Waals surface area contributed by atoms with Crippen molar-refractivity contribution < 1.29 is 0 Å². The Morgan fingerprint density at radius 1 is 0.700 bits per heavy atom. The second-order valence-electron chi connectivity index (χ2n) is 4.52. The molecule has 0 saturated carbocycles. The molecular weight excluding hydrogens is 295 g/mol. The fourth-order valence-corrected chi connectivity index (χ4v) is 2.69. The van der Waals surface area contributed by atoms with Crippen LogP contribution in [0.1, 0.15) is 0 Å². The SMILES string of the molecule is Clc1ccc2c(-c3n[nH]c4cc(Cl)ccc34)n[nH]c2c1. The molecular formula is C14H8Cl2N4. The van der Waals surface area contributed by atoms with Gasteiger partial charge in [0, 0.05) is 20.8 Å². The highest BCUT2D eigenvalue weighted by Gasteiger charge is 2.14. The second kappa shape index (κ2) is 4.23. The molecule has 2 aromatic heterocycles. The van der Waals surface area contributed by atoms with Crippen LogP contribution in [0.25, 0.3) is 33.2 Å². The third-order valence-electron chi connectivity index (χ3n) is 3.27. The highest BCUT2D eigenvalue weighted by Crippen LogP contribution is 2.32. The summed E-state index contributed by atoms with van der Waals surface area (Å²) in [5, 5.41) is 18.0. The molecule has 4 nitrogen and oxygen atoms in total. The Labute approximate surface area is 123 Å². The van der Waals surface area contributed by atoms with E-state index in [-0.39, 0.29) is 0 Å². The summed E-state index contributed by atoms with van der Waals surface area (Å²) < 4.78 is 0. The number of nitrogens with zero attached hydrogens (tertiary/aromatic N) is 2. The molecule has 0 fully saturated rings. The molecule has 0 bridgehead atoms. The number of hydrogen-bond donors (Lipinski definition) is 2. The lowest BCUT2D eigenvalue weighted by molar-refractivity contribution is 1.08. The van der Waals surface area contributed by atoms with Crippen LogP contribution in [0.3, 0.4) is 0 Å². The highest BCUT2D eigenvalue weighted by molar-refractivity contribution is 6.31. The molecule has 98 valence electrons. The van der Waals surface area contributed by atoms with Crippen molar-refractivity contribution in [3.05, 3.63) is 46.4 Å². The average Bonchev–Trinajstić information content (AvgIpc) is 3.01. The van der Waals surface area contributed by atoms with Gasteiger partial charge in [-0.25, -0.2) is 0 Å². The first kappa shape index (κ1) is 11.8. The number of nitrogens with one attached hydrogen (secondary N) is 2. The van der Waals surface area contributed by atoms with E-state index in [1.165, 1.54) is 0 Å². The van der Waals surface area contributed by atoms with Gasteiger partial charge in [0.25, 0.3) is 0 Å². The first-order valence-corrected chi connectivity index (χ1v) is 6.75. The molecule has 0 aliphatic carbocycles. The normalized spacial score (nSPS) is 11.5. The van der Waals surface area contributed by atoms with Crippen LogP contribution in [-0.4, -0.2) is 20.4 Å². The lowest BCUT2D eigenvalue weighted by Crippen LogP contribution is -1.80. The number of hydrogen-bond acceptors (Lipinski definition) is 2. The van der Waals surface area contributed by atoms with Gasteiger partial charge in [-0.1, -0.05) is 23.2 Å². The summed E-state index contributed by atoms with van der Waals surface area (Å²) in [6.07, 6.45) is 0. The van der Waals surface area contributed by atoms with Crippen molar-refractivity contribution in [3.8, 4) is 11.4 Å². The van der Waals surface area contributed by atoms with E-state index in [2.05, 4.69) is 20.4 Å². The van der Waals surface area contributed by atoms with E-state index in [0.717, 1.165) is 33.2 Å². The van der Waals surface area contributed by atoms with Crippen LogP contribution in [0.5, 0.6) is 0 Å². The van der Waals surface area contributed by atoms with Crippen LogP contribution < -0.4 is 0 Å². The molecule has 2 aromatic carbocycles. The van der Waals surface area contributed by atoms with Gasteiger partial charge in [-0.2, -0.15) is 10.2 Å². The van der Waals surface area contributed by atoms with Gasteiger partial charge in [0.15, 0.2) is 0 Å². The number of halogens is 2. The zero-order valence-electron chi connectivity index (χ0n) is 10.1. The Morgan fingerprint density at radius 2 is 1.15 bits per heavy atom. The Bertz CT molecular complexity index is 861. The van der Waals surface area contributed by atoms with Crippen LogP contribution >= 0.6 is 23.2 Å². The summed E-state index contributed by atoms with van der Waals surface area (Å²) in [7, 11) is 0. The standard InChI is InChI=1S/C14H8Cl2N4/c15-7-1-3-9-11(5-7)17-19-13(9)14-10-4-2-8(16)6-12(10)18-20-14/h1-6H,(H,17,19)(H,18,20). The predicted molar refractivity (Wildman–Crippen MR) is 81.2 cm³/mol. The minimum Gasteiger partial charge on any atom is -0.277 e. The molecule has 0 unspecified atom stereocenters. The van der Waals surface area contributed by atoms with E-state index >= 15 is 0 Å². The molecule has 4 aromatic rings. The van der Waals surface area contributed by atoms with Crippen LogP contribution in [0.4, 0.5) is 0 Å². The quantitative estimate of drug-likeness (QED) is 0.547. The smallest absolute Gasteiger partial charge is 0.121 e. The van der Waals surface area contributed by atoms with Gasteiger partial charge in [0.2, 0.25) is 0 Å². The number of H-pyrrole nitrogens is 2. The third-order valence-corrected chi connectivity index (χ3v) is 3.74. The number of benzene rings is 2. The number of fused-ring (bicyclic) bond motifs is 2. The summed E-state index contributed by atoms with van der Waals surface area (Å²) in [5.41, 5.74) is 3.37. The van der Waals surface area contributed by atoms with E-state index in [9.17, 15) is 0 Å². The van der Waals surface area contributed by atoms with E-state index in [4.69, 9.17) is 23.2 Å². The Morgan fingerprint density at radius 3 is 1.60 bits per heavy atom. The molecule has 0 saturated heterocycles. The van der Waals surface area contributed by atoms with Crippen molar-refractivity contribution in [1.82, 2.24) is 20.4 Å². The first-order valence-electron chi connectivity index (χ1n) is 6.00. The van der Waals surface area contributed by atoms with Gasteiger partial charge in [-0.05, 0) is 36.4 Å². The lowest BCUT2D eigenvalue weighted by Gasteiger charge is -1.95. The fourth-order valence-electron chi connectivity index (χ4n) is 2.34. The Hall–Kier alpha value is -2.04. The largest absolute Gasteiger partial charge is 0.277 e. The molecule has 0 spiro atoms. The molecule has 0 atom stereocenters. The molecule has 20 heavy (non-hydrogen) atoms. The van der Waals surface area contributed by atoms with Gasteiger partial charge in [0.05, 0.1) is 11.0 Å². The average molecular weight is 303 g/mol. The third kappa shape index (κ3) is 1.69. The van der Waals surface area contributed by atoms with Crippen molar-refractivity contribution >= 4 is 45.0 Å². The maximum atomic E-state index is 5.98. The van der Waals surface area contributed by atoms with E-state index in [1.807, 2.05) is 36.4 Å². The van der Waals surface area contributed by atoms with Gasteiger partial charge in [0.1, 0.15) is 11.4 Å². The summed E-state index contributed by atoms with van der Waals surface area (Å²) in [4.78, 5) is 0. The van der Waals surface area contributed by atoms with Crippen LogP contribution in [0, 0.1) is 0 Å². The Balaban J connectivity index is 2.01. The number of aromatic amines is 2. The highest BCUT2D eigenvalue weighted by atomic mass is 35.5. The van der Waals surface area contributed by atoms with Crippen LogP contribution in [0.15, 0.2) is 36.4 Å². The number of rotatable bonds is 1. The zero-order valence-corrected chi connectivity index (χ0v) is 11.6. The van der Waals surface area contributed by atoms with Crippen LogP contribution in [0.2, 0.25) is 10.0 Å². The van der Waals surface area contributed by atoms with Crippen molar-refractivity contribution in [3.63, 3.8) is 0 Å². The van der Waals surface area contributed by atoms with Crippen molar-refractivity contribution in [2.45, 2.75) is 0 Å². The topological polar surface area (TPSA) is 57.4 Å². The zero-order chi connectivity index (χ0) is 13.7. The predicted octanol–water partition coefficient (Wildman–Crippen LogP) is 4.41. The van der Waals surface area contributed by atoms with Gasteiger partial charge >= 0.3 is 0 Å². The summed E-state index contributed by atoms with van der Waals surface area (Å²) in [6, 6.07) is 11.3. The molecule has 2 N–H and O–H groups in total. The van der Waals surface area contributed by atoms with Gasteiger partial charge in [-0.15, -0.1) is 0 Å². The van der Waals surface area contributed by atoms with Crippen molar-refractivity contribution in [1.29, 1.82) is 0 Å². The first-order chi connectivity index (χ1) is 9.72. The summed E-state index contributed by atoms with van der Waals surface area (Å²) >= 11 is 12.0. The van der Waals surface area contributed by atoms with Crippen LogP contribution in [-0.2, 0) is 0 Å². The van der Waals surface area contributed by atoms with E-state index in [0.29, 0.717) is 10.0 Å². The van der Waals surface area contributed by atoms with Gasteiger partial charge in [-0.3, -0.25) is 10.2 Å². The number of aromatic nitrogens is 4. The fraction of sp³-hybridized carbons (Fsp3) is 0. The van der Waals surface area contributed by atoms with Crippen molar-refractivity contribution in [2.75, 3.05) is 0 Å². The minimum atomic E-state index is 0.673. The molecule has 4 rings (SSSR count). The summed E-state index contributed by atoms with van der Waals surface area (Å²) in [6.45, 7) is 0. The van der Waals surface area contributed by atoms with Crippen molar-refractivity contribution in [2.24, 2.45) is 0 Å². The Kier molecular flexibility index (Phi) is 2.49. The molecule has 0 radical (unpaired) electrons. The minimum absolute atomic E-state index is 0.673. The van der Waals surface area contributed by atoms with Gasteiger partial charge < -0.3 is 0 Å². The molecule has 0 aliphatic rings. The monoisotopic (exact) mass is 302 g/mol.